The van der Waals surface area contributed by atoms with Gasteiger partial charge in [0.15, 0.2) is 0 Å². The quantitative estimate of drug-likeness (QED) is 0.887. The Morgan fingerprint density at radius 1 is 1.04 bits per heavy atom. The monoisotopic (exact) mass is 309 g/mol. The zero-order chi connectivity index (χ0) is 15.9. The average molecular weight is 309 g/mol. The van der Waals surface area contributed by atoms with Crippen LogP contribution in [0.25, 0.3) is 0 Å². The van der Waals surface area contributed by atoms with Crippen LogP contribution in [0.3, 0.4) is 0 Å². The van der Waals surface area contributed by atoms with Crippen molar-refractivity contribution in [2.24, 2.45) is 0 Å². The molecule has 0 aromatic heterocycles. The van der Waals surface area contributed by atoms with Gasteiger partial charge in [0, 0.05) is 19.1 Å². The maximum Gasteiger partial charge on any atom is 0.249 e. The number of hydrogen-bond donors (Lipinski definition) is 1. The molecule has 2 aromatic rings. The number of hydrogen-bond acceptors (Lipinski definition) is 2. The molecule has 3 nitrogen and oxygen atoms in total. The van der Waals surface area contributed by atoms with Crippen molar-refractivity contribution in [2.75, 3.05) is 13.2 Å². The van der Waals surface area contributed by atoms with E-state index in [-0.39, 0.29) is 12.0 Å². The van der Waals surface area contributed by atoms with E-state index < -0.39 is 0 Å². The molecular formula is C20H23NO2. The summed E-state index contributed by atoms with van der Waals surface area (Å²) in [6.07, 6.45) is 2.45. The van der Waals surface area contributed by atoms with E-state index in [2.05, 4.69) is 53.8 Å². The fraction of sp³-hybridized carbons (Fsp3) is 0.350. The number of amides is 1. The van der Waals surface area contributed by atoms with Gasteiger partial charge in [0.25, 0.3) is 0 Å². The van der Waals surface area contributed by atoms with Crippen LogP contribution < -0.4 is 5.32 Å². The number of nitrogens with one attached hydrogen (secondary N) is 1. The molecule has 1 aliphatic rings. The smallest absolute Gasteiger partial charge is 0.249 e. The summed E-state index contributed by atoms with van der Waals surface area (Å²) in [7, 11) is 0. The maximum absolute atomic E-state index is 12.1. The Bertz CT molecular complexity index is 567. The molecule has 1 heterocycles. The predicted molar refractivity (Wildman–Crippen MR) is 91.3 cm³/mol. The number of rotatable bonds is 6. The molecule has 1 fully saturated rings. The zero-order valence-electron chi connectivity index (χ0n) is 13.3. The van der Waals surface area contributed by atoms with Crippen molar-refractivity contribution in [1.29, 1.82) is 0 Å². The van der Waals surface area contributed by atoms with Crippen molar-refractivity contribution in [3.8, 4) is 0 Å². The second-order valence-corrected chi connectivity index (χ2v) is 5.96. The molecule has 3 heteroatoms. The summed E-state index contributed by atoms with van der Waals surface area (Å²) >= 11 is 0. The molecule has 3 rings (SSSR count). The largest absolute Gasteiger partial charge is 0.368 e. The summed E-state index contributed by atoms with van der Waals surface area (Å²) < 4.78 is 5.43. The summed E-state index contributed by atoms with van der Waals surface area (Å²) in [6, 6.07) is 20.9. The molecular weight excluding hydrogens is 286 g/mol. The first-order valence-electron chi connectivity index (χ1n) is 8.34. The minimum Gasteiger partial charge on any atom is -0.368 e. The Morgan fingerprint density at radius 3 is 2.17 bits per heavy atom. The summed E-state index contributed by atoms with van der Waals surface area (Å²) in [5.41, 5.74) is 2.56. The first-order chi connectivity index (χ1) is 11.3. The summed E-state index contributed by atoms with van der Waals surface area (Å²) in [4.78, 5) is 12.1. The molecule has 0 radical (unpaired) electrons. The Labute approximate surface area is 137 Å². The Kier molecular flexibility index (Phi) is 5.43. The van der Waals surface area contributed by atoms with Gasteiger partial charge in [0.05, 0.1) is 0 Å². The van der Waals surface area contributed by atoms with Crippen LogP contribution in [-0.4, -0.2) is 25.2 Å². The van der Waals surface area contributed by atoms with Crippen LogP contribution in [0.1, 0.15) is 36.3 Å². The highest BCUT2D eigenvalue weighted by Crippen LogP contribution is 2.27. The van der Waals surface area contributed by atoms with E-state index in [4.69, 9.17) is 4.74 Å². The topological polar surface area (TPSA) is 38.3 Å². The third kappa shape index (κ3) is 4.20. The molecule has 120 valence electrons. The Balaban J connectivity index is 1.64. The summed E-state index contributed by atoms with van der Waals surface area (Å²) in [6.45, 7) is 1.36. The molecule has 2 aromatic carbocycles. The average Bonchev–Trinajstić information content (AvgIpc) is 3.15. The van der Waals surface area contributed by atoms with Crippen LogP contribution >= 0.6 is 0 Å². The van der Waals surface area contributed by atoms with Gasteiger partial charge in [-0.15, -0.1) is 0 Å². The molecule has 1 saturated heterocycles. The van der Waals surface area contributed by atoms with Gasteiger partial charge in [-0.1, -0.05) is 60.7 Å². The highest BCUT2D eigenvalue weighted by atomic mass is 16.5. The van der Waals surface area contributed by atoms with Crippen LogP contribution in [0.2, 0.25) is 0 Å². The van der Waals surface area contributed by atoms with Crippen LogP contribution in [0, 0.1) is 0 Å². The van der Waals surface area contributed by atoms with Crippen molar-refractivity contribution in [1.82, 2.24) is 5.32 Å². The molecule has 0 unspecified atom stereocenters. The lowest BCUT2D eigenvalue weighted by atomic mass is 9.88. The third-order valence-electron chi connectivity index (χ3n) is 4.36. The van der Waals surface area contributed by atoms with Gasteiger partial charge in [-0.3, -0.25) is 4.79 Å². The molecule has 1 N–H and O–H groups in total. The van der Waals surface area contributed by atoms with Crippen molar-refractivity contribution >= 4 is 5.91 Å². The standard InChI is InChI=1S/C20H23NO2/c22-20(19-12-7-15-23-19)21-14-13-18(16-8-3-1-4-9-16)17-10-5-2-6-11-17/h1-6,8-11,18-19H,7,12-15H2,(H,21,22)/t19-/m1/s1. The number of ether oxygens (including phenoxy) is 1. The molecule has 0 aliphatic carbocycles. The molecule has 1 amide bonds. The van der Waals surface area contributed by atoms with E-state index in [9.17, 15) is 4.79 Å². The van der Waals surface area contributed by atoms with Gasteiger partial charge in [-0.25, -0.2) is 0 Å². The number of carbonyl (C=O) groups excluding carboxylic acids is 1. The highest BCUT2D eigenvalue weighted by Gasteiger charge is 2.23. The molecule has 1 aliphatic heterocycles. The Morgan fingerprint density at radius 2 is 1.65 bits per heavy atom. The summed E-state index contributed by atoms with van der Waals surface area (Å²) in [5, 5.41) is 3.03. The van der Waals surface area contributed by atoms with Gasteiger partial charge >= 0.3 is 0 Å². The van der Waals surface area contributed by atoms with Gasteiger partial charge < -0.3 is 10.1 Å². The van der Waals surface area contributed by atoms with Crippen LogP contribution in [0.4, 0.5) is 0 Å². The van der Waals surface area contributed by atoms with E-state index in [0.717, 1.165) is 19.3 Å². The normalized spacial score (nSPS) is 17.3. The fourth-order valence-electron chi connectivity index (χ4n) is 3.13. The van der Waals surface area contributed by atoms with E-state index in [1.807, 2.05) is 12.1 Å². The van der Waals surface area contributed by atoms with Crippen molar-refractivity contribution < 1.29 is 9.53 Å². The van der Waals surface area contributed by atoms with Crippen LogP contribution in [-0.2, 0) is 9.53 Å². The van der Waals surface area contributed by atoms with Gasteiger partial charge in [-0.05, 0) is 30.4 Å². The molecule has 0 saturated carbocycles. The second-order valence-electron chi connectivity index (χ2n) is 5.96. The van der Waals surface area contributed by atoms with Crippen molar-refractivity contribution in [2.45, 2.75) is 31.3 Å². The molecule has 1 atom stereocenters. The highest BCUT2D eigenvalue weighted by molar-refractivity contribution is 5.80. The SMILES string of the molecule is O=C(NCCC(c1ccccc1)c1ccccc1)[C@H]1CCCO1. The van der Waals surface area contributed by atoms with E-state index in [1.165, 1.54) is 11.1 Å². The minimum absolute atomic E-state index is 0.0300. The first-order valence-corrected chi connectivity index (χ1v) is 8.34. The van der Waals surface area contributed by atoms with Gasteiger partial charge in [0.1, 0.15) is 6.10 Å². The van der Waals surface area contributed by atoms with E-state index >= 15 is 0 Å². The zero-order valence-corrected chi connectivity index (χ0v) is 13.3. The molecule has 23 heavy (non-hydrogen) atoms. The predicted octanol–water partition coefficient (Wildman–Crippen LogP) is 3.50. The van der Waals surface area contributed by atoms with Crippen LogP contribution in [0.15, 0.2) is 60.7 Å². The van der Waals surface area contributed by atoms with Gasteiger partial charge in [-0.2, -0.15) is 0 Å². The maximum atomic E-state index is 12.1. The van der Waals surface area contributed by atoms with E-state index in [0.29, 0.717) is 19.1 Å². The lowest BCUT2D eigenvalue weighted by Crippen LogP contribution is -2.35. The second kappa shape index (κ2) is 7.93. The fourth-order valence-corrected chi connectivity index (χ4v) is 3.13. The lowest BCUT2D eigenvalue weighted by Gasteiger charge is -2.19. The lowest BCUT2D eigenvalue weighted by molar-refractivity contribution is -0.130. The molecule has 0 bridgehead atoms. The number of carbonyl (C=O) groups is 1. The van der Waals surface area contributed by atoms with E-state index in [1.54, 1.807) is 0 Å². The summed E-state index contributed by atoms with van der Waals surface area (Å²) in [5.74, 6) is 0.324. The Hall–Kier alpha value is -2.13. The van der Waals surface area contributed by atoms with Gasteiger partial charge in [0.2, 0.25) is 5.91 Å². The van der Waals surface area contributed by atoms with Crippen molar-refractivity contribution in [3.63, 3.8) is 0 Å². The first kappa shape index (κ1) is 15.8. The van der Waals surface area contributed by atoms with Crippen molar-refractivity contribution in [3.05, 3.63) is 71.8 Å². The molecule has 0 spiro atoms. The number of benzene rings is 2. The van der Waals surface area contributed by atoms with Crippen LogP contribution in [0.5, 0.6) is 0 Å². The third-order valence-corrected chi connectivity index (χ3v) is 4.36. The minimum atomic E-state index is -0.248.